The highest BCUT2D eigenvalue weighted by atomic mass is 79.9. The first kappa shape index (κ1) is 10.3. The Morgan fingerprint density at radius 3 is 2.82 bits per heavy atom. The molecule has 0 bridgehead atoms. The molecule has 4 nitrogen and oxygen atoms in total. The van der Waals surface area contributed by atoms with E-state index >= 15 is 0 Å². The molecule has 3 aromatic rings. The molecule has 3 rings (SSSR count). The summed E-state index contributed by atoms with van der Waals surface area (Å²) in [6, 6.07) is 9.27. The Bertz CT molecular complexity index is 676. The van der Waals surface area contributed by atoms with Crippen LogP contribution < -0.4 is 5.73 Å². The molecule has 0 aliphatic rings. The van der Waals surface area contributed by atoms with Gasteiger partial charge in [0, 0.05) is 10.7 Å². The molecule has 84 valence electrons. The van der Waals surface area contributed by atoms with Gasteiger partial charge < -0.3 is 10.2 Å². The smallest absolute Gasteiger partial charge is 0.228 e. The fourth-order valence-electron chi connectivity index (χ4n) is 1.55. The molecule has 0 amide bonds. The number of rotatable bonds is 1. The minimum absolute atomic E-state index is 0.479. The van der Waals surface area contributed by atoms with Crippen LogP contribution in [0.15, 0.2) is 45.4 Å². The Labute approximate surface area is 106 Å². The minimum atomic E-state index is 0.479. The Morgan fingerprint density at radius 2 is 2.06 bits per heavy atom. The maximum absolute atomic E-state index is 5.65. The van der Waals surface area contributed by atoms with E-state index in [1.807, 2.05) is 24.3 Å². The van der Waals surface area contributed by atoms with Gasteiger partial charge in [0.2, 0.25) is 5.89 Å². The van der Waals surface area contributed by atoms with Gasteiger partial charge in [0.25, 0.3) is 0 Å². The van der Waals surface area contributed by atoms with E-state index in [1.165, 1.54) is 0 Å². The van der Waals surface area contributed by atoms with Gasteiger partial charge in [-0.15, -0.1) is 0 Å². The van der Waals surface area contributed by atoms with Crippen LogP contribution in [0.1, 0.15) is 0 Å². The van der Waals surface area contributed by atoms with Crippen LogP contribution in [-0.4, -0.2) is 9.97 Å². The Morgan fingerprint density at radius 1 is 1.18 bits per heavy atom. The fraction of sp³-hybridized carbons (Fsp3) is 0. The Kier molecular flexibility index (Phi) is 2.33. The number of anilines is 1. The summed E-state index contributed by atoms with van der Waals surface area (Å²) in [5, 5.41) is 0. The molecule has 1 aromatic carbocycles. The van der Waals surface area contributed by atoms with E-state index in [4.69, 9.17) is 10.2 Å². The van der Waals surface area contributed by atoms with Crippen molar-refractivity contribution in [1.29, 1.82) is 0 Å². The number of fused-ring (bicyclic) bond motifs is 1. The van der Waals surface area contributed by atoms with Crippen LogP contribution in [0.5, 0.6) is 0 Å². The van der Waals surface area contributed by atoms with Gasteiger partial charge in [-0.3, -0.25) is 0 Å². The molecular formula is C12H8BrN3O. The lowest BCUT2D eigenvalue weighted by atomic mass is 10.3. The first-order chi connectivity index (χ1) is 8.22. The molecule has 0 aliphatic heterocycles. The van der Waals surface area contributed by atoms with Crippen molar-refractivity contribution in [3.8, 4) is 11.5 Å². The molecule has 0 atom stereocenters. The van der Waals surface area contributed by atoms with Gasteiger partial charge in [0.05, 0.1) is 5.56 Å². The number of nitrogen functional groups attached to an aromatic ring is 1. The highest BCUT2D eigenvalue weighted by Crippen LogP contribution is 2.26. The lowest BCUT2D eigenvalue weighted by Gasteiger charge is -1.94. The molecular weight excluding hydrogens is 282 g/mol. The summed E-state index contributed by atoms with van der Waals surface area (Å²) in [5.74, 6) is 1.03. The van der Waals surface area contributed by atoms with Gasteiger partial charge >= 0.3 is 0 Å². The van der Waals surface area contributed by atoms with Gasteiger partial charge in [-0.05, 0) is 30.3 Å². The van der Waals surface area contributed by atoms with Crippen molar-refractivity contribution in [1.82, 2.24) is 9.97 Å². The van der Waals surface area contributed by atoms with Crippen molar-refractivity contribution in [3.05, 3.63) is 41.0 Å². The fourth-order valence-corrected chi connectivity index (χ4v) is 1.89. The van der Waals surface area contributed by atoms with E-state index in [9.17, 15) is 0 Å². The van der Waals surface area contributed by atoms with E-state index in [0.29, 0.717) is 11.7 Å². The van der Waals surface area contributed by atoms with Crippen LogP contribution in [0.25, 0.3) is 22.6 Å². The molecule has 0 radical (unpaired) electrons. The van der Waals surface area contributed by atoms with Crippen LogP contribution in [0.2, 0.25) is 0 Å². The summed E-state index contributed by atoms with van der Waals surface area (Å²) >= 11 is 3.39. The zero-order chi connectivity index (χ0) is 11.8. The number of oxazole rings is 1. The number of hydrogen-bond donors (Lipinski definition) is 1. The third-order valence-electron chi connectivity index (χ3n) is 2.38. The number of hydrogen-bond acceptors (Lipinski definition) is 4. The van der Waals surface area contributed by atoms with Gasteiger partial charge in [0.1, 0.15) is 11.3 Å². The first-order valence-electron chi connectivity index (χ1n) is 5.00. The number of nitrogens with two attached hydrogens (primary N) is 1. The molecule has 0 fully saturated rings. The van der Waals surface area contributed by atoms with Crippen LogP contribution in [0.4, 0.5) is 5.82 Å². The standard InChI is InChI=1S/C12H8BrN3O/c13-8-2-3-9-10(5-8)17-12(16-9)7-1-4-11(14)15-6-7/h1-6H,(H2,14,15). The second-order valence-electron chi connectivity index (χ2n) is 3.60. The second-order valence-corrected chi connectivity index (χ2v) is 4.52. The monoisotopic (exact) mass is 289 g/mol. The zero-order valence-electron chi connectivity index (χ0n) is 8.72. The van der Waals surface area contributed by atoms with E-state index in [0.717, 1.165) is 21.1 Å². The first-order valence-corrected chi connectivity index (χ1v) is 5.80. The molecule has 0 saturated heterocycles. The lowest BCUT2D eigenvalue weighted by Crippen LogP contribution is -1.88. The zero-order valence-corrected chi connectivity index (χ0v) is 10.3. The number of pyridine rings is 1. The number of benzene rings is 1. The van der Waals surface area contributed by atoms with E-state index in [2.05, 4.69) is 25.9 Å². The topological polar surface area (TPSA) is 64.9 Å². The quantitative estimate of drug-likeness (QED) is 0.747. The molecule has 2 aromatic heterocycles. The van der Waals surface area contributed by atoms with Crippen molar-refractivity contribution in [2.45, 2.75) is 0 Å². The van der Waals surface area contributed by atoms with E-state index in [-0.39, 0.29) is 0 Å². The molecule has 2 heterocycles. The molecule has 0 unspecified atom stereocenters. The van der Waals surface area contributed by atoms with Gasteiger partial charge in [-0.25, -0.2) is 9.97 Å². The molecule has 17 heavy (non-hydrogen) atoms. The summed E-state index contributed by atoms with van der Waals surface area (Å²) in [5.41, 5.74) is 7.90. The summed E-state index contributed by atoms with van der Waals surface area (Å²) in [7, 11) is 0. The summed E-state index contributed by atoms with van der Waals surface area (Å²) in [6.45, 7) is 0. The van der Waals surface area contributed by atoms with Crippen LogP contribution in [0, 0.1) is 0 Å². The summed E-state index contributed by atoms with van der Waals surface area (Å²) < 4.78 is 6.61. The predicted octanol–water partition coefficient (Wildman–Crippen LogP) is 3.23. The predicted molar refractivity (Wildman–Crippen MR) is 69.4 cm³/mol. The molecule has 0 aliphatic carbocycles. The maximum Gasteiger partial charge on any atom is 0.228 e. The number of halogens is 1. The van der Waals surface area contributed by atoms with Crippen LogP contribution in [0.3, 0.4) is 0 Å². The third kappa shape index (κ3) is 1.89. The van der Waals surface area contributed by atoms with E-state index < -0.39 is 0 Å². The molecule has 0 spiro atoms. The summed E-state index contributed by atoms with van der Waals surface area (Å²) in [6.07, 6.45) is 1.65. The average molecular weight is 290 g/mol. The highest BCUT2D eigenvalue weighted by molar-refractivity contribution is 9.10. The van der Waals surface area contributed by atoms with Gasteiger partial charge in [-0.2, -0.15) is 0 Å². The minimum Gasteiger partial charge on any atom is -0.436 e. The SMILES string of the molecule is Nc1ccc(-c2nc3ccc(Br)cc3o2)cn1. The number of nitrogens with zero attached hydrogens (tertiary/aromatic N) is 2. The maximum atomic E-state index is 5.65. The number of aromatic nitrogens is 2. The van der Waals surface area contributed by atoms with E-state index in [1.54, 1.807) is 12.3 Å². The van der Waals surface area contributed by atoms with Gasteiger partial charge in [-0.1, -0.05) is 15.9 Å². The second kappa shape index (κ2) is 3.85. The van der Waals surface area contributed by atoms with Crippen molar-refractivity contribution in [2.75, 3.05) is 5.73 Å². The molecule has 2 N–H and O–H groups in total. The highest BCUT2D eigenvalue weighted by Gasteiger charge is 2.08. The molecule has 0 saturated carbocycles. The van der Waals surface area contributed by atoms with Gasteiger partial charge in [0.15, 0.2) is 5.58 Å². The van der Waals surface area contributed by atoms with Crippen molar-refractivity contribution in [2.24, 2.45) is 0 Å². The normalized spacial score (nSPS) is 10.9. The lowest BCUT2D eigenvalue weighted by molar-refractivity contribution is 0.619. The van der Waals surface area contributed by atoms with Crippen LogP contribution >= 0.6 is 15.9 Å². The largest absolute Gasteiger partial charge is 0.436 e. The van der Waals surface area contributed by atoms with Crippen molar-refractivity contribution in [3.63, 3.8) is 0 Å². The Hall–Kier alpha value is -1.88. The van der Waals surface area contributed by atoms with Crippen molar-refractivity contribution >= 4 is 32.8 Å². The Balaban J connectivity index is 2.14. The third-order valence-corrected chi connectivity index (χ3v) is 2.88. The molecule has 5 heteroatoms. The summed E-state index contributed by atoms with van der Waals surface area (Å²) in [4.78, 5) is 8.40. The van der Waals surface area contributed by atoms with Crippen molar-refractivity contribution < 1.29 is 4.42 Å². The van der Waals surface area contributed by atoms with Crippen LogP contribution in [-0.2, 0) is 0 Å². The average Bonchev–Trinajstić information content (AvgIpc) is 2.72.